The standard InChI is InChI=1S/C15H17F3N2O5/c1-9(14(23)24)20(8-7-19-10(2)21)13(22)11-3-5-12(6-4-11)25-15(16,17)18/h3-6,9H,7-8H2,1-2H3,(H,19,21)(H,23,24). The summed E-state index contributed by atoms with van der Waals surface area (Å²) in [6.07, 6.45) is -4.85. The van der Waals surface area contributed by atoms with Crippen LogP contribution in [0.2, 0.25) is 0 Å². The van der Waals surface area contributed by atoms with Crippen molar-refractivity contribution >= 4 is 17.8 Å². The second-order valence-corrected chi connectivity index (χ2v) is 5.07. The predicted octanol–water partition coefficient (Wildman–Crippen LogP) is 1.64. The number of alkyl halides is 3. The third kappa shape index (κ3) is 6.69. The maximum Gasteiger partial charge on any atom is 0.573 e. The summed E-state index contributed by atoms with van der Waals surface area (Å²) in [5.41, 5.74) is -0.00884. The molecule has 7 nitrogen and oxygen atoms in total. The highest BCUT2D eigenvalue weighted by Gasteiger charge is 2.31. The summed E-state index contributed by atoms with van der Waals surface area (Å²) in [6, 6.07) is 2.93. The molecule has 0 radical (unpaired) electrons. The Hall–Kier alpha value is -2.78. The molecule has 0 saturated carbocycles. The second kappa shape index (κ2) is 8.36. The largest absolute Gasteiger partial charge is 0.573 e. The summed E-state index contributed by atoms with van der Waals surface area (Å²) >= 11 is 0. The van der Waals surface area contributed by atoms with Crippen molar-refractivity contribution in [2.75, 3.05) is 13.1 Å². The van der Waals surface area contributed by atoms with Crippen molar-refractivity contribution in [3.05, 3.63) is 29.8 Å². The Kier molecular flexibility index (Phi) is 6.77. The van der Waals surface area contributed by atoms with Crippen LogP contribution in [0.5, 0.6) is 5.75 Å². The molecule has 1 aromatic carbocycles. The van der Waals surface area contributed by atoms with Crippen LogP contribution in [-0.2, 0) is 9.59 Å². The van der Waals surface area contributed by atoms with E-state index >= 15 is 0 Å². The number of nitrogens with one attached hydrogen (secondary N) is 1. The molecule has 0 aliphatic carbocycles. The van der Waals surface area contributed by atoms with Crippen LogP contribution in [0.15, 0.2) is 24.3 Å². The third-order valence-corrected chi connectivity index (χ3v) is 3.15. The Morgan fingerprint density at radius 3 is 2.24 bits per heavy atom. The van der Waals surface area contributed by atoms with E-state index < -0.39 is 30.0 Å². The van der Waals surface area contributed by atoms with E-state index in [2.05, 4.69) is 10.1 Å². The molecule has 2 amide bonds. The Balaban J connectivity index is 2.92. The zero-order valence-electron chi connectivity index (χ0n) is 13.5. The topological polar surface area (TPSA) is 95.9 Å². The highest BCUT2D eigenvalue weighted by atomic mass is 19.4. The van der Waals surface area contributed by atoms with Gasteiger partial charge in [-0.2, -0.15) is 0 Å². The van der Waals surface area contributed by atoms with E-state index in [1.54, 1.807) is 0 Å². The molecule has 0 spiro atoms. The van der Waals surface area contributed by atoms with Gasteiger partial charge in [-0.15, -0.1) is 13.2 Å². The van der Waals surface area contributed by atoms with Crippen molar-refractivity contribution in [2.45, 2.75) is 26.3 Å². The minimum Gasteiger partial charge on any atom is -0.480 e. The third-order valence-electron chi connectivity index (χ3n) is 3.15. The van der Waals surface area contributed by atoms with Crippen LogP contribution >= 0.6 is 0 Å². The molecule has 1 atom stereocenters. The normalized spacial score (nSPS) is 12.2. The Morgan fingerprint density at radius 1 is 1.24 bits per heavy atom. The van der Waals surface area contributed by atoms with Crippen LogP contribution in [0.25, 0.3) is 0 Å². The van der Waals surface area contributed by atoms with Gasteiger partial charge >= 0.3 is 12.3 Å². The SMILES string of the molecule is CC(=O)NCCN(C(=O)c1ccc(OC(F)(F)F)cc1)C(C)C(=O)O. The van der Waals surface area contributed by atoms with Gasteiger partial charge in [0.15, 0.2) is 0 Å². The molecule has 0 heterocycles. The number of carboxylic acid groups (broad SMARTS) is 1. The maximum atomic E-state index is 12.4. The summed E-state index contributed by atoms with van der Waals surface area (Å²) in [5.74, 6) is -2.80. The lowest BCUT2D eigenvalue weighted by molar-refractivity contribution is -0.274. The van der Waals surface area contributed by atoms with Crippen LogP contribution in [0.1, 0.15) is 24.2 Å². The van der Waals surface area contributed by atoms with Crippen molar-refractivity contribution < 1.29 is 37.4 Å². The Bertz CT molecular complexity index is 631. The zero-order chi connectivity index (χ0) is 19.2. The molecule has 0 bridgehead atoms. The van der Waals surface area contributed by atoms with Crippen molar-refractivity contribution in [3.8, 4) is 5.75 Å². The van der Waals surface area contributed by atoms with Gasteiger partial charge in [0, 0.05) is 25.6 Å². The first-order chi connectivity index (χ1) is 11.5. The van der Waals surface area contributed by atoms with Crippen LogP contribution < -0.4 is 10.1 Å². The summed E-state index contributed by atoms with van der Waals surface area (Å²) in [7, 11) is 0. The molecule has 2 N–H and O–H groups in total. The number of halogens is 3. The average Bonchev–Trinajstić information content (AvgIpc) is 2.49. The maximum absolute atomic E-state index is 12.4. The Morgan fingerprint density at radius 2 is 1.80 bits per heavy atom. The van der Waals surface area contributed by atoms with E-state index in [1.165, 1.54) is 13.8 Å². The van der Waals surface area contributed by atoms with Crippen molar-refractivity contribution in [3.63, 3.8) is 0 Å². The van der Waals surface area contributed by atoms with Gasteiger partial charge < -0.3 is 20.1 Å². The number of hydrogen-bond acceptors (Lipinski definition) is 4. The number of carbonyl (C=O) groups is 3. The highest BCUT2D eigenvalue weighted by molar-refractivity contribution is 5.96. The fourth-order valence-corrected chi connectivity index (χ4v) is 1.92. The number of ether oxygens (including phenoxy) is 1. The van der Waals surface area contributed by atoms with Crippen LogP contribution in [-0.4, -0.2) is 53.3 Å². The van der Waals surface area contributed by atoms with E-state index in [0.717, 1.165) is 29.2 Å². The number of carboxylic acids is 1. The number of carbonyl (C=O) groups excluding carboxylic acids is 2. The van der Waals surface area contributed by atoms with Gasteiger partial charge in [-0.3, -0.25) is 9.59 Å². The number of rotatable bonds is 7. The van der Waals surface area contributed by atoms with Crippen molar-refractivity contribution in [2.24, 2.45) is 0 Å². The van der Waals surface area contributed by atoms with E-state index in [4.69, 9.17) is 5.11 Å². The zero-order valence-corrected chi connectivity index (χ0v) is 13.5. The number of nitrogens with zero attached hydrogens (tertiary/aromatic N) is 1. The molecule has 1 aromatic rings. The molecule has 0 fully saturated rings. The van der Waals surface area contributed by atoms with Gasteiger partial charge in [-0.25, -0.2) is 4.79 Å². The van der Waals surface area contributed by atoms with Crippen molar-refractivity contribution in [1.29, 1.82) is 0 Å². The molecule has 0 aliphatic heterocycles. The van der Waals surface area contributed by atoms with Gasteiger partial charge in [0.1, 0.15) is 11.8 Å². The summed E-state index contributed by atoms with van der Waals surface area (Å²) < 4.78 is 40.1. The predicted molar refractivity (Wildman–Crippen MR) is 79.9 cm³/mol. The lowest BCUT2D eigenvalue weighted by atomic mass is 10.1. The van der Waals surface area contributed by atoms with E-state index in [1.807, 2.05) is 0 Å². The summed E-state index contributed by atoms with van der Waals surface area (Å²) in [5, 5.41) is 11.5. The summed E-state index contributed by atoms with van der Waals surface area (Å²) in [6.45, 7) is 2.52. The first-order valence-corrected chi connectivity index (χ1v) is 7.15. The first-order valence-electron chi connectivity index (χ1n) is 7.15. The lowest BCUT2D eigenvalue weighted by Crippen LogP contribution is -2.46. The van der Waals surface area contributed by atoms with Gasteiger partial charge in [0.25, 0.3) is 5.91 Å². The van der Waals surface area contributed by atoms with E-state index in [-0.39, 0.29) is 24.6 Å². The Labute approximate surface area is 141 Å². The monoisotopic (exact) mass is 362 g/mol. The molecule has 0 aromatic heterocycles. The minimum absolute atomic E-state index is 0.00884. The van der Waals surface area contributed by atoms with Gasteiger partial charge in [0.05, 0.1) is 0 Å². The van der Waals surface area contributed by atoms with Crippen LogP contribution in [0, 0.1) is 0 Å². The quantitative estimate of drug-likeness (QED) is 0.769. The molecule has 25 heavy (non-hydrogen) atoms. The smallest absolute Gasteiger partial charge is 0.480 e. The second-order valence-electron chi connectivity index (χ2n) is 5.07. The molecule has 138 valence electrons. The fourth-order valence-electron chi connectivity index (χ4n) is 1.92. The molecular formula is C15H17F3N2O5. The average molecular weight is 362 g/mol. The van der Waals surface area contributed by atoms with Gasteiger partial charge in [-0.05, 0) is 31.2 Å². The van der Waals surface area contributed by atoms with Crippen LogP contribution in [0.4, 0.5) is 13.2 Å². The number of aliphatic carboxylic acids is 1. The minimum atomic E-state index is -4.85. The van der Waals surface area contributed by atoms with Crippen molar-refractivity contribution in [1.82, 2.24) is 10.2 Å². The molecule has 10 heteroatoms. The number of hydrogen-bond donors (Lipinski definition) is 2. The summed E-state index contributed by atoms with van der Waals surface area (Å²) in [4.78, 5) is 35.5. The molecule has 0 aliphatic rings. The first kappa shape index (κ1) is 20.3. The molecule has 0 saturated heterocycles. The fraction of sp³-hybridized carbons (Fsp3) is 0.400. The molecular weight excluding hydrogens is 345 g/mol. The van der Waals surface area contributed by atoms with Gasteiger partial charge in [-0.1, -0.05) is 0 Å². The van der Waals surface area contributed by atoms with E-state index in [9.17, 15) is 27.6 Å². The van der Waals surface area contributed by atoms with Gasteiger partial charge in [0.2, 0.25) is 5.91 Å². The number of benzene rings is 1. The lowest BCUT2D eigenvalue weighted by Gasteiger charge is -2.26. The molecule has 1 unspecified atom stereocenters. The molecule has 1 rings (SSSR count). The van der Waals surface area contributed by atoms with E-state index in [0.29, 0.717) is 0 Å². The highest BCUT2D eigenvalue weighted by Crippen LogP contribution is 2.23. The van der Waals surface area contributed by atoms with Crippen LogP contribution in [0.3, 0.4) is 0 Å². The number of amides is 2.